The van der Waals surface area contributed by atoms with Crippen molar-refractivity contribution in [2.75, 3.05) is 45.8 Å². The number of anilines is 1. The van der Waals surface area contributed by atoms with E-state index in [4.69, 9.17) is 4.74 Å². The Hall–Kier alpha value is -2.73. The second kappa shape index (κ2) is 8.56. The lowest BCUT2D eigenvalue weighted by Crippen LogP contribution is -2.31. The number of hydrogen-bond donors (Lipinski definition) is 0. The Morgan fingerprint density at radius 1 is 1.37 bits per heavy atom. The first-order valence-electron chi connectivity index (χ1n) is 9.68. The standard InChI is InChI=1S/C22H23FN4O2S/c1-25(2)16-8-9-26(13-16)20-7-6-15(11-18(20)23)27-14-24-19-12-17(5-4-10-29-3)30-21(19)22(27)28/h6-7,11-12,14,16H,8-10,13H2,1-3H3/t16-/m1/s1. The zero-order valence-corrected chi connectivity index (χ0v) is 18.0. The maximum atomic E-state index is 14.9. The molecule has 1 aliphatic rings. The quantitative estimate of drug-likeness (QED) is 0.601. The van der Waals surface area contributed by atoms with E-state index in [1.165, 1.54) is 28.3 Å². The van der Waals surface area contributed by atoms with Crippen molar-refractivity contribution in [1.82, 2.24) is 14.5 Å². The average molecular weight is 427 g/mol. The molecule has 2 aromatic heterocycles. The molecule has 0 aliphatic carbocycles. The van der Waals surface area contributed by atoms with Gasteiger partial charge in [-0.3, -0.25) is 9.36 Å². The van der Waals surface area contributed by atoms with Gasteiger partial charge in [-0.05, 0) is 38.7 Å². The third kappa shape index (κ3) is 3.97. The minimum atomic E-state index is -0.337. The Balaban J connectivity index is 1.64. The molecule has 0 radical (unpaired) electrons. The Morgan fingerprint density at radius 2 is 2.20 bits per heavy atom. The van der Waals surface area contributed by atoms with Gasteiger partial charge in [-0.1, -0.05) is 11.8 Å². The molecule has 0 spiro atoms. The third-order valence-electron chi connectivity index (χ3n) is 5.31. The van der Waals surface area contributed by atoms with E-state index in [0.717, 1.165) is 24.4 Å². The SMILES string of the molecule is COCC#Cc1cc2ncn(-c3ccc(N4CC[C@@H](N(C)C)C4)c(F)c3)c(=O)c2s1. The predicted molar refractivity (Wildman–Crippen MR) is 118 cm³/mol. The van der Waals surface area contributed by atoms with Crippen LogP contribution in [0.1, 0.15) is 11.3 Å². The minimum absolute atomic E-state index is 0.231. The van der Waals surface area contributed by atoms with Crippen molar-refractivity contribution in [1.29, 1.82) is 0 Å². The number of thiophene rings is 1. The molecule has 0 amide bonds. The third-order valence-corrected chi connectivity index (χ3v) is 6.34. The van der Waals surface area contributed by atoms with E-state index in [0.29, 0.717) is 34.2 Å². The molecule has 3 heterocycles. The van der Waals surface area contributed by atoms with Crippen LogP contribution in [0.3, 0.4) is 0 Å². The Labute approximate surface area is 178 Å². The zero-order valence-electron chi connectivity index (χ0n) is 17.2. The van der Waals surface area contributed by atoms with Crippen molar-refractivity contribution in [2.45, 2.75) is 12.5 Å². The molecule has 6 nitrogen and oxygen atoms in total. The molecule has 1 saturated heterocycles. The molecular formula is C22H23FN4O2S. The molecule has 4 rings (SSSR count). The first-order chi connectivity index (χ1) is 14.5. The highest BCUT2D eigenvalue weighted by molar-refractivity contribution is 7.19. The first-order valence-corrected chi connectivity index (χ1v) is 10.5. The van der Waals surface area contributed by atoms with Gasteiger partial charge in [0.25, 0.3) is 5.56 Å². The smallest absolute Gasteiger partial charge is 0.275 e. The van der Waals surface area contributed by atoms with E-state index in [-0.39, 0.29) is 11.4 Å². The van der Waals surface area contributed by atoms with E-state index in [2.05, 4.69) is 26.6 Å². The van der Waals surface area contributed by atoms with Gasteiger partial charge in [0, 0.05) is 32.3 Å². The van der Waals surface area contributed by atoms with Crippen LogP contribution < -0.4 is 10.5 Å². The van der Waals surface area contributed by atoms with Crippen molar-refractivity contribution >= 4 is 27.2 Å². The van der Waals surface area contributed by atoms with Gasteiger partial charge in [0.1, 0.15) is 23.5 Å². The molecule has 8 heteroatoms. The number of ether oxygens (including phenoxy) is 1. The van der Waals surface area contributed by atoms with Crippen LogP contribution in [-0.4, -0.2) is 61.4 Å². The second-order valence-corrected chi connectivity index (χ2v) is 8.52. The summed E-state index contributed by atoms with van der Waals surface area (Å²) in [7, 11) is 5.67. The Kier molecular flexibility index (Phi) is 5.86. The normalized spacial score (nSPS) is 16.3. The summed E-state index contributed by atoms with van der Waals surface area (Å²) >= 11 is 1.28. The minimum Gasteiger partial charge on any atom is -0.372 e. The zero-order chi connectivity index (χ0) is 21.3. The van der Waals surface area contributed by atoms with Gasteiger partial charge in [-0.15, -0.1) is 11.3 Å². The molecule has 1 atom stereocenters. The average Bonchev–Trinajstić information content (AvgIpc) is 3.36. The highest BCUT2D eigenvalue weighted by atomic mass is 32.1. The number of hydrogen-bond acceptors (Lipinski definition) is 6. The lowest BCUT2D eigenvalue weighted by molar-refractivity contribution is 0.240. The van der Waals surface area contributed by atoms with Crippen molar-refractivity contribution in [3.8, 4) is 17.5 Å². The molecule has 1 aromatic carbocycles. The number of nitrogens with zero attached hydrogens (tertiary/aromatic N) is 4. The summed E-state index contributed by atoms with van der Waals surface area (Å²) in [4.78, 5) is 22.3. The second-order valence-electron chi connectivity index (χ2n) is 7.47. The summed E-state index contributed by atoms with van der Waals surface area (Å²) < 4.78 is 21.7. The molecule has 3 aromatic rings. The molecule has 1 aliphatic heterocycles. The van der Waals surface area contributed by atoms with Crippen molar-refractivity contribution in [3.63, 3.8) is 0 Å². The van der Waals surface area contributed by atoms with Crippen LogP contribution in [0.4, 0.5) is 10.1 Å². The van der Waals surface area contributed by atoms with E-state index < -0.39 is 0 Å². The first kappa shape index (κ1) is 20.5. The highest BCUT2D eigenvalue weighted by Crippen LogP contribution is 2.27. The molecule has 0 N–H and O–H groups in total. The number of fused-ring (bicyclic) bond motifs is 1. The van der Waals surface area contributed by atoms with E-state index in [1.807, 2.05) is 14.1 Å². The lowest BCUT2D eigenvalue weighted by Gasteiger charge is -2.22. The Bertz CT molecular complexity index is 1190. The molecule has 0 unspecified atom stereocenters. The fourth-order valence-electron chi connectivity index (χ4n) is 3.64. The van der Waals surface area contributed by atoms with Gasteiger partial charge in [-0.2, -0.15) is 0 Å². The van der Waals surface area contributed by atoms with E-state index >= 15 is 0 Å². The number of likely N-dealkylation sites (N-methyl/N-ethyl adjacent to an activating group) is 1. The summed E-state index contributed by atoms with van der Waals surface area (Å²) in [5.41, 5.74) is 1.38. The van der Waals surface area contributed by atoms with E-state index in [1.54, 1.807) is 25.3 Å². The number of aromatic nitrogens is 2. The molecule has 0 bridgehead atoms. The largest absolute Gasteiger partial charge is 0.372 e. The maximum absolute atomic E-state index is 14.9. The number of rotatable bonds is 4. The summed E-state index contributed by atoms with van der Waals surface area (Å²) in [6.07, 6.45) is 2.44. The van der Waals surface area contributed by atoms with Crippen LogP contribution in [-0.2, 0) is 4.74 Å². The van der Waals surface area contributed by atoms with Gasteiger partial charge >= 0.3 is 0 Å². The Morgan fingerprint density at radius 3 is 2.90 bits per heavy atom. The van der Waals surface area contributed by atoms with Crippen LogP contribution >= 0.6 is 11.3 Å². The summed E-state index contributed by atoms with van der Waals surface area (Å²) in [5, 5.41) is 0. The molecular weight excluding hydrogens is 403 g/mol. The topological polar surface area (TPSA) is 50.6 Å². The number of halogens is 1. The van der Waals surface area contributed by atoms with Crippen LogP contribution in [0, 0.1) is 17.7 Å². The van der Waals surface area contributed by atoms with Crippen LogP contribution in [0.2, 0.25) is 0 Å². The van der Waals surface area contributed by atoms with Crippen LogP contribution in [0.5, 0.6) is 0 Å². The van der Waals surface area contributed by atoms with Gasteiger partial charge in [0.15, 0.2) is 0 Å². The molecule has 1 fully saturated rings. The summed E-state index contributed by atoms with van der Waals surface area (Å²) in [5.74, 6) is 5.50. The van der Waals surface area contributed by atoms with Gasteiger partial charge < -0.3 is 14.5 Å². The van der Waals surface area contributed by atoms with E-state index in [9.17, 15) is 9.18 Å². The van der Waals surface area contributed by atoms with Crippen molar-refractivity contribution < 1.29 is 9.13 Å². The number of methoxy groups -OCH3 is 1. The lowest BCUT2D eigenvalue weighted by atomic mass is 10.2. The molecule has 156 valence electrons. The molecule has 30 heavy (non-hydrogen) atoms. The van der Waals surface area contributed by atoms with Gasteiger partial charge in [0.05, 0.1) is 21.8 Å². The number of benzene rings is 1. The molecule has 0 saturated carbocycles. The fourth-order valence-corrected chi connectivity index (χ4v) is 4.55. The van der Waals surface area contributed by atoms with Crippen molar-refractivity contribution in [2.24, 2.45) is 0 Å². The highest BCUT2D eigenvalue weighted by Gasteiger charge is 2.26. The predicted octanol–water partition coefficient (Wildman–Crippen LogP) is 2.72. The monoisotopic (exact) mass is 426 g/mol. The van der Waals surface area contributed by atoms with Crippen LogP contribution in [0.25, 0.3) is 15.9 Å². The fraction of sp³-hybridized carbons (Fsp3) is 0.364. The van der Waals surface area contributed by atoms with Gasteiger partial charge in [0.2, 0.25) is 0 Å². The summed E-state index contributed by atoms with van der Waals surface area (Å²) in [6.45, 7) is 1.93. The van der Waals surface area contributed by atoms with Crippen molar-refractivity contribution in [3.05, 3.63) is 51.6 Å². The summed E-state index contributed by atoms with van der Waals surface area (Å²) in [6, 6.07) is 7.11. The van der Waals surface area contributed by atoms with Gasteiger partial charge in [-0.25, -0.2) is 9.37 Å². The maximum Gasteiger partial charge on any atom is 0.275 e. The van der Waals surface area contributed by atoms with Crippen LogP contribution in [0.15, 0.2) is 35.4 Å².